The van der Waals surface area contributed by atoms with Gasteiger partial charge in [-0.3, -0.25) is 9.59 Å². The minimum absolute atomic E-state index is 0.0415. The standard InChI is InChI=1S/C16H15ClFN3O2/c17-14-6-5-11(9-20-14)10-21-15(22)7-8-19-16(23)12-3-1-2-4-13(12)18/h1-6,9H,7-8,10H2,(H,19,23)(H,21,22). The molecule has 0 fully saturated rings. The predicted octanol–water partition coefficient (Wildman–Crippen LogP) is 2.31. The van der Waals surface area contributed by atoms with E-state index in [1.165, 1.54) is 18.2 Å². The van der Waals surface area contributed by atoms with Gasteiger partial charge in [0.25, 0.3) is 5.91 Å². The largest absolute Gasteiger partial charge is 0.352 e. The first-order valence-corrected chi connectivity index (χ1v) is 7.34. The van der Waals surface area contributed by atoms with Crippen LogP contribution in [0.4, 0.5) is 4.39 Å². The van der Waals surface area contributed by atoms with E-state index in [2.05, 4.69) is 15.6 Å². The Morgan fingerprint density at radius 3 is 2.61 bits per heavy atom. The van der Waals surface area contributed by atoms with Crippen LogP contribution in [0.25, 0.3) is 0 Å². The fraction of sp³-hybridized carbons (Fsp3) is 0.188. The van der Waals surface area contributed by atoms with Gasteiger partial charge in [0.1, 0.15) is 11.0 Å². The Bertz CT molecular complexity index is 692. The summed E-state index contributed by atoms with van der Waals surface area (Å²) >= 11 is 5.67. The summed E-state index contributed by atoms with van der Waals surface area (Å²) in [6.07, 6.45) is 1.67. The number of benzene rings is 1. The number of amides is 2. The first-order chi connectivity index (χ1) is 11.1. The number of rotatable bonds is 6. The van der Waals surface area contributed by atoms with E-state index in [1.807, 2.05) is 0 Å². The molecule has 2 aromatic rings. The third-order valence-electron chi connectivity index (χ3n) is 3.03. The van der Waals surface area contributed by atoms with Crippen molar-refractivity contribution in [1.29, 1.82) is 0 Å². The summed E-state index contributed by atoms with van der Waals surface area (Å²) in [5, 5.41) is 5.59. The van der Waals surface area contributed by atoms with Gasteiger partial charge in [-0.15, -0.1) is 0 Å². The molecule has 2 N–H and O–H groups in total. The number of carbonyl (C=O) groups is 2. The van der Waals surface area contributed by atoms with Crippen LogP contribution in [0.5, 0.6) is 0 Å². The van der Waals surface area contributed by atoms with Gasteiger partial charge in [0.05, 0.1) is 5.56 Å². The van der Waals surface area contributed by atoms with Crippen molar-refractivity contribution in [3.8, 4) is 0 Å². The Balaban J connectivity index is 1.71. The molecule has 23 heavy (non-hydrogen) atoms. The van der Waals surface area contributed by atoms with Gasteiger partial charge in [0.15, 0.2) is 0 Å². The van der Waals surface area contributed by atoms with Crippen LogP contribution in [0.2, 0.25) is 5.15 Å². The van der Waals surface area contributed by atoms with Crippen LogP contribution in [0.15, 0.2) is 42.6 Å². The lowest BCUT2D eigenvalue weighted by Gasteiger charge is -2.07. The van der Waals surface area contributed by atoms with E-state index in [0.717, 1.165) is 5.56 Å². The Kier molecular flexibility index (Phi) is 6.05. The third kappa shape index (κ3) is 5.34. The van der Waals surface area contributed by atoms with Crippen LogP contribution in [0, 0.1) is 5.82 Å². The smallest absolute Gasteiger partial charge is 0.254 e. The van der Waals surface area contributed by atoms with Gasteiger partial charge in [0, 0.05) is 25.7 Å². The summed E-state index contributed by atoms with van der Waals surface area (Å²) in [5.41, 5.74) is 0.776. The molecule has 7 heteroatoms. The molecule has 0 atom stereocenters. The minimum atomic E-state index is -0.593. The maximum atomic E-state index is 13.4. The van der Waals surface area contributed by atoms with Crippen molar-refractivity contribution < 1.29 is 14.0 Å². The second-order valence-corrected chi connectivity index (χ2v) is 5.14. The second-order valence-electron chi connectivity index (χ2n) is 4.75. The highest BCUT2D eigenvalue weighted by Gasteiger charge is 2.10. The van der Waals surface area contributed by atoms with Gasteiger partial charge in [-0.05, 0) is 23.8 Å². The average molecular weight is 336 g/mol. The average Bonchev–Trinajstić information content (AvgIpc) is 2.54. The van der Waals surface area contributed by atoms with Crippen LogP contribution in [0.1, 0.15) is 22.3 Å². The molecule has 0 saturated carbocycles. The molecule has 2 amide bonds. The SMILES string of the molecule is O=C(CCNC(=O)c1ccccc1F)NCc1ccc(Cl)nc1. The number of aromatic nitrogens is 1. The van der Waals surface area contributed by atoms with E-state index >= 15 is 0 Å². The molecule has 120 valence electrons. The van der Waals surface area contributed by atoms with Crippen molar-refractivity contribution in [1.82, 2.24) is 15.6 Å². The van der Waals surface area contributed by atoms with Gasteiger partial charge >= 0.3 is 0 Å². The van der Waals surface area contributed by atoms with Crippen LogP contribution < -0.4 is 10.6 Å². The van der Waals surface area contributed by atoms with Crippen molar-refractivity contribution >= 4 is 23.4 Å². The van der Waals surface area contributed by atoms with E-state index in [1.54, 1.807) is 24.4 Å². The molecule has 0 aliphatic rings. The van der Waals surface area contributed by atoms with Crippen LogP contribution in [0.3, 0.4) is 0 Å². The van der Waals surface area contributed by atoms with E-state index in [4.69, 9.17) is 11.6 Å². The fourth-order valence-electron chi connectivity index (χ4n) is 1.83. The fourth-order valence-corrected chi connectivity index (χ4v) is 1.94. The van der Waals surface area contributed by atoms with Gasteiger partial charge in [-0.1, -0.05) is 29.8 Å². The number of nitrogens with zero attached hydrogens (tertiary/aromatic N) is 1. The number of nitrogens with one attached hydrogen (secondary N) is 2. The molecule has 1 heterocycles. The summed E-state index contributed by atoms with van der Waals surface area (Å²) in [4.78, 5) is 27.3. The zero-order valence-electron chi connectivity index (χ0n) is 12.2. The molecular weight excluding hydrogens is 321 g/mol. The van der Waals surface area contributed by atoms with E-state index in [0.29, 0.717) is 11.7 Å². The summed E-state index contributed by atoms with van der Waals surface area (Å²) in [5.74, 6) is -1.36. The lowest BCUT2D eigenvalue weighted by molar-refractivity contribution is -0.121. The summed E-state index contributed by atoms with van der Waals surface area (Å²) in [6.45, 7) is 0.447. The highest BCUT2D eigenvalue weighted by Crippen LogP contribution is 2.06. The number of hydrogen-bond donors (Lipinski definition) is 2. The number of pyridine rings is 1. The lowest BCUT2D eigenvalue weighted by atomic mass is 10.2. The topological polar surface area (TPSA) is 71.1 Å². The first kappa shape index (κ1) is 16.9. The highest BCUT2D eigenvalue weighted by molar-refractivity contribution is 6.29. The molecule has 5 nitrogen and oxygen atoms in total. The summed E-state index contributed by atoms with van der Waals surface area (Å²) in [7, 11) is 0. The number of carbonyl (C=O) groups excluding carboxylic acids is 2. The van der Waals surface area contributed by atoms with Crippen molar-refractivity contribution in [3.05, 3.63) is 64.7 Å². The molecule has 0 radical (unpaired) electrons. The maximum Gasteiger partial charge on any atom is 0.254 e. The molecule has 1 aromatic carbocycles. The van der Waals surface area contributed by atoms with Crippen molar-refractivity contribution in [2.75, 3.05) is 6.54 Å². The van der Waals surface area contributed by atoms with Crippen LogP contribution in [-0.2, 0) is 11.3 Å². The number of halogens is 2. The van der Waals surface area contributed by atoms with Gasteiger partial charge < -0.3 is 10.6 Å². The Labute approximate surface area is 137 Å². The third-order valence-corrected chi connectivity index (χ3v) is 3.26. The molecule has 0 spiro atoms. The van der Waals surface area contributed by atoms with Crippen molar-refractivity contribution in [3.63, 3.8) is 0 Å². The molecule has 0 aliphatic heterocycles. The second kappa shape index (κ2) is 8.24. The molecule has 0 saturated heterocycles. The maximum absolute atomic E-state index is 13.4. The lowest BCUT2D eigenvalue weighted by Crippen LogP contribution is -2.30. The molecule has 1 aromatic heterocycles. The Hall–Kier alpha value is -2.47. The minimum Gasteiger partial charge on any atom is -0.352 e. The molecule has 0 bridgehead atoms. The van der Waals surface area contributed by atoms with E-state index in [9.17, 15) is 14.0 Å². The quantitative estimate of drug-likeness (QED) is 0.796. The summed E-state index contributed by atoms with van der Waals surface area (Å²) in [6, 6.07) is 9.07. The van der Waals surface area contributed by atoms with Gasteiger partial charge in [-0.25, -0.2) is 9.37 Å². The highest BCUT2D eigenvalue weighted by atomic mass is 35.5. The van der Waals surface area contributed by atoms with Crippen molar-refractivity contribution in [2.24, 2.45) is 0 Å². The van der Waals surface area contributed by atoms with Crippen molar-refractivity contribution in [2.45, 2.75) is 13.0 Å². The Morgan fingerprint density at radius 2 is 1.91 bits per heavy atom. The molecule has 0 unspecified atom stereocenters. The van der Waals surface area contributed by atoms with Crippen LogP contribution >= 0.6 is 11.6 Å². The number of hydrogen-bond acceptors (Lipinski definition) is 3. The summed E-state index contributed by atoms with van der Waals surface area (Å²) < 4.78 is 13.4. The van der Waals surface area contributed by atoms with Crippen LogP contribution in [-0.4, -0.2) is 23.3 Å². The zero-order chi connectivity index (χ0) is 16.7. The first-order valence-electron chi connectivity index (χ1n) is 6.96. The molecular formula is C16H15ClFN3O2. The van der Waals surface area contributed by atoms with Gasteiger partial charge in [0.2, 0.25) is 5.91 Å². The van der Waals surface area contributed by atoms with E-state index < -0.39 is 11.7 Å². The Morgan fingerprint density at radius 1 is 1.13 bits per heavy atom. The normalized spacial score (nSPS) is 10.2. The van der Waals surface area contributed by atoms with Gasteiger partial charge in [-0.2, -0.15) is 0 Å². The van der Waals surface area contributed by atoms with E-state index in [-0.39, 0.29) is 24.4 Å². The zero-order valence-corrected chi connectivity index (χ0v) is 12.9. The predicted molar refractivity (Wildman–Crippen MR) is 84.4 cm³/mol. The monoisotopic (exact) mass is 335 g/mol. The molecule has 0 aliphatic carbocycles. The molecule has 2 rings (SSSR count).